The maximum Gasteiger partial charge on any atom is 0.340 e. The number of rotatable bonds is 6. The molecule has 0 amide bonds. The lowest BCUT2D eigenvalue weighted by molar-refractivity contribution is -0.141. The normalized spacial score (nSPS) is 10.0. The monoisotopic (exact) mass is 317 g/mol. The van der Waals surface area contributed by atoms with Crippen LogP contribution in [0.25, 0.3) is 0 Å². The molecule has 6 heteroatoms. The standard InChI is InChI=1S/C16H15NO4S/c1-20-16(19)13-8-5-9-17-15(13)22-11-14(18)21-10-12-6-3-2-4-7-12/h2-9H,10-11H2,1H3. The van der Waals surface area contributed by atoms with Gasteiger partial charge in [-0.05, 0) is 17.7 Å². The quantitative estimate of drug-likeness (QED) is 0.603. The van der Waals surface area contributed by atoms with Crippen molar-refractivity contribution in [2.45, 2.75) is 11.6 Å². The van der Waals surface area contributed by atoms with E-state index in [0.29, 0.717) is 10.6 Å². The lowest BCUT2D eigenvalue weighted by Crippen LogP contribution is -2.09. The minimum atomic E-state index is -0.478. The zero-order chi connectivity index (χ0) is 15.8. The van der Waals surface area contributed by atoms with Crippen LogP contribution in [-0.2, 0) is 20.9 Å². The van der Waals surface area contributed by atoms with Crippen LogP contribution < -0.4 is 0 Å². The maximum atomic E-state index is 11.8. The summed E-state index contributed by atoms with van der Waals surface area (Å²) in [5.41, 5.74) is 1.26. The van der Waals surface area contributed by atoms with Crippen LogP contribution in [0.4, 0.5) is 0 Å². The molecule has 0 saturated carbocycles. The van der Waals surface area contributed by atoms with E-state index in [1.807, 2.05) is 30.3 Å². The number of pyridine rings is 1. The summed E-state index contributed by atoms with van der Waals surface area (Å²) >= 11 is 1.15. The lowest BCUT2D eigenvalue weighted by atomic mass is 10.2. The molecule has 0 atom stereocenters. The van der Waals surface area contributed by atoms with Crippen molar-refractivity contribution in [3.05, 3.63) is 59.8 Å². The molecule has 0 N–H and O–H groups in total. The largest absolute Gasteiger partial charge is 0.465 e. The van der Waals surface area contributed by atoms with Crippen LogP contribution in [-0.4, -0.2) is 29.8 Å². The number of ether oxygens (including phenoxy) is 2. The molecule has 0 bridgehead atoms. The molecule has 2 rings (SSSR count). The molecule has 0 aliphatic carbocycles. The fourth-order valence-corrected chi connectivity index (χ4v) is 2.46. The second-order valence-electron chi connectivity index (χ2n) is 4.28. The maximum absolute atomic E-state index is 11.8. The van der Waals surface area contributed by atoms with Crippen LogP contribution in [0, 0.1) is 0 Å². The summed E-state index contributed by atoms with van der Waals surface area (Å²) in [6, 6.07) is 12.7. The zero-order valence-electron chi connectivity index (χ0n) is 12.0. The molecule has 1 aromatic heterocycles. The van der Waals surface area contributed by atoms with Crippen molar-refractivity contribution in [2.24, 2.45) is 0 Å². The van der Waals surface area contributed by atoms with E-state index >= 15 is 0 Å². The van der Waals surface area contributed by atoms with Crippen molar-refractivity contribution in [1.82, 2.24) is 4.98 Å². The van der Waals surface area contributed by atoms with Gasteiger partial charge in [0.05, 0.1) is 18.4 Å². The highest BCUT2D eigenvalue weighted by molar-refractivity contribution is 8.00. The zero-order valence-corrected chi connectivity index (χ0v) is 12.8. The molecule has 22 heavy (non-hydrogen) atoms. The van der Waals surface area contributed by atoms with Crippen molar-refractivity contribution in [2.75, 3.05) is 12.9 Å². The van der Waals surface area contributed by atoms with E-state index in [4.69, 9.17) is 4.74 Å². The van der Waals surface area contributed by atoms with Crippen LogP contribution in [0.5, 0.6) is 0 Å². The Kier molecular flexibility index (Phi) is 5.97. The Labute approximate surface area is 132 Å². The number of hydrogen-bond donors (Lipinski definition) is 0. The summed E-state index contributed by atoms with van der Waals surface area (Å²) in [5, 5.41) is 0.450. The summed E-state index contributed by atoms with van der Waals surface area (Å²) in [6.45, 7) is 0.228. The van der Waals surface area contributed by atoms with Gasteiger partial charge in [0, 0.05) is 6.20 Å². The fraction of sp³-hybridized carbons (Fsp3) is 0.188. The molecule has 2 aromatic rings. The number of methoxy groups -OCH3 is 1. The second kappa shape index (κ2) is 8.19. The Balaban J connectivity index is 1.87. The van der Waals surface area contributed by atoms with Crippen LogP contribution in [0.1, 0.15) is 15.9 Å². The van der Waals surface area contributed by atoms with Gasteiger partial charge in [0.1, 0.15) is 11.6 Å². The molecule has 5 nitrogen and oxygen atoms in total. The summed E-state index contributed by atoms with van der Waals surface area (Å²) in [5.74, 6) is -0.767. The predicted molar refractivity (Wildman–Crippen MR) is 82.5 cm³/mol. The number of aromatic nitrogens is 1. The summed E-state index contributed by atoms with van der Waals surface area (Å²) in [4.78, 5) is 27.4. The molecule has 0 aliphatic rings. The molecule has 0 fully saturated rings. The molecule has 114 valence electrons. The molecule has 0 unspecified atom stereocenters. The number of thioether (sulfide) groups is 1. The molecule has 1 heterocycles. The van der Waals surface area contributed by atoms with E-state index in [1.165, 1.54) is 7.11 Å². The molecular weight excluding hydrogens is 302 g/mol. The first kappa shape index (κ1) is 16.0. The van der Waals surface area contributed by atoms with E-state index < -0.39 is 5.97 Å². The number of hydrogen-bond acceptors (Lipinski definition) is 6. The third kappa shape index (κ3) is 4.60. The summed E-state index contributed by atoms with van der Waals surface area (Å²) < 4.78 is 9.85. The van der Waals surface area contributed by atoms with Crippen molar-refractivity contribution in [3.8, 4) is 0 Å². The van der Waals surface area contributed by atoms with Crippen LogP contribution in [0.2, 0.25) is 0 Å². The van der Waals surface area contributed by atoms with Gasteiger partial charge in [-0.2, -0.15) is 0 Å². The molecule has 0 saturated heterocycles. The number of carbonyl (C=O) groups is 2. The third-order valence-corrected chi connectivity index (χ3v) is 3.72. The van der Waals surface area contributed by atoms with Gasteiger partial charge in [0.15, 0.2) is 0 Å². The molecular formula is C16H15NO4S. The first-order valence-electron chi connectivity index (χ1n) is 6.56. The van der Waals surface area contributed by atoms with Crippen LogP contribution in [0.3, 0.4) is 0 Å². The van der Waals surface area contributed by atoms with Gasteiger partial charge >= 0.3 is 11.9 Å². The van der Waals surface area contributed by atoms with E-state index in [2.05, 4.69) is 9.72 Å². The highest BCUT2D eigenvalue weighted by atomic mass is 32.2. The van der Waals surface area contributed by atoms with Crippen molar-refractivity contribution in [3.63, 3.8) is 0 Å². The van der Waals surface area contributed by atoms with Crippen molar-refractivity contribution >= 4 is 23.7 Å². The fourth-order valence-electron chi connectivity index (χ4n) is 1.68. The van der Waals surface area contributed by atoms with Crippen molar-refractivity contribution in [1.29, 1.82) is 0 Å². The first-order chi connectivity index (χ1) is 10.7. The Morgan fingerprint density at radius 1 is 1.14 bits per heavy atom. The SMILES string of the molecule is COC(=O)c1cccnc1SCC(=O)OCc1ccccc1. The number of benzene rings is 1. The Bertz CT molecular complexity index is 646. The Hall–Kier alpha value is -2.34. The van der Waals surface area contributed by atoms with E-state index in [9.17, 15) is 9.59 Å². The highest BCUT2D eigenvalue weighted by Crippen LogP contribution is 2.20. The smallest absolute Gasteiger partial charge is 0.340 e. The molecule has 0 radical (unpaired) electrons. The predicted octanol–water partition coefficient (Wildman–Crippen LogP) is 2.70. The van der Waals surface area contributed by atoms with Gasteiger partial charge in [-0.1, -0.05) is 42.1 Å². The van der Waals surface area contributed by atoms with Crippen LogP contribution in [0.15, 0.2) is 53.7 Å². The third-order valence-electron chi connectivity index (χ3n) is 2.75. The van der Waals surface area contributed by atoms with Gasteiger partial charge in [-0.25, -0.2) is 9.78 Å². The number of carbonyl (C=O) groups excluding carboxylic acids is 2. The highest BCUT2D eigenvalue weighted by Gasteiger charge is 2.14. The average Bonchev–Trinajstić information content (AvgIpc) is 2.58. The average molecular weight is 317 g/mol. The number of esters is 2. The van der Waals surface area contributed by atoms with E-state index in [1.54, 1.807) is 18.3 Å². The Morgan fingerprint density at radius 3 is 2.64 bits per heavy atom. The van der Waals surface area contributed by atoms with Gasteiger partial charge < -0.3 is 9.47 Å². The molecule has 1 aromatic carbocycles. The lowest BCUT2D eigenvalue weighted by Gasteiger charge is -2.07. The minimum absolute atomic E-state index is 0.0772. The first-order valence-corrected chi connectivity index (χ1v) is 7.55. The van der Waals surface area contributed by atoms with Gasteiger partial charge in [-0.15, -0.1) is 0 Å². The Morgan fingerprint density at radius 2 is 1.91 bits per heavy atom. The molecule has 0 aliphatic heterocycles. The topological polar surface area (TPSA) is 65.5 Å². The van der Waals surface area contributed by atoms with E-state index in [-0.39, 0.29) is 18.3 Å². The molecule has 0 spiro atoms. The van der Waals surface area contributed by atoms with Gasteiger partial charge in [0.25, 0.3) is 0 Å². The van der Waals surface area contributed by atoms with Crippen LogP contribution >= 0.6 is 11.8 Å². The van der Waals surface area contributed by atoms with Gasteiger partial charge in [0.2, 0.25) is 0 Å². The van der Waals surface area contributed by atoms with Crippen molar-refractivity contribution < 1.29 is 19.1 Å². The minimum Gasteiger partial charge on any atom is -0.465 e. The summed E-state index contributed by atoms with van der Waals surface area (Å²) in [6.07, 6.45) is 1.56. The van der Waals surface area contributed by atoms with E-state index in [0.717, 1.165) is 17.3 Å². The van der Waals surface area contributed by atoms with Gasteiger partial charge in [-0.3, -0.25) is 4.79 Å². The number of nitrogens with zero attached hydrogens (tertiary/aromatic N) is 1. The summed E-state index contributed by atoms with van der Waals surface area (Å²) in [7, 11) is 1.30. The second-order valence-corrected chi connectivity index (χ2v) is 5.25.